The first kappa shape index (κ1) is 14.1. The van der Waals surface area contributed by atoms with Crippen molar-refractivity contribution in [2.45, 2.75) is 19.9 Å². The van der Waals surface area contributed by atoms with E-state index in [9.17, 15) is 13.2 Å². The van der Waals surface area contributed by atoms with Gasteiger partial charge in [0.05, 0.1) is 24.0 Å². The molecule has 1 aliphatic rings. The number of nitrogens with zero attached hydrogens (tertiary/aromatic N) is 1. The van der Waals surface area contributed by atoms with Crippen LogP contribution >= 0.6 is 0 Å². The van der Waals surface area contributed by atoms with E-state index in [2.05, 4.69) is 10.3 Å². The average molecular weight is 308 g/mol. The van der Waals surface area contributed by atoms with Gasteiger partial charge in [0, 0.05) is 0 Å². The van der Waals surface area contributed by atoms with Crippen LogP contribution < -0.4 is 5.32 Å². The number of nitrogens with one attached hydrogen (secondary N) is 1. The molecule has 1 atom stereocenters. The molecule has 6 nitrogen and oxygen atoms in total. The topological polar surface area (TPSA) is 89.3 Å². The summed E-state index contributed by atoms with van der Waals surface area (Å²) in [5.74, 6) is -0.261. The molecule has 7 heteroatoms. The van der Waals surface area contributed by atoms with Crippen molar-refractivity contribution in [1.82, 2.24) is 10.3 Å². The zero-order valence-electron chi connectivity index (χ0n) is 11.6. The molecule has 1 aromatic carbocycles. The molecule has 0 spiro atoms. The summed E-state index contributed by atoms with van der Waals surface area (Å²) < 4.78 is 28.3. The van der Waals surface area contributed by atoms with Gasteiger partial charge in [-0.2, -0.15) is 0 Å². The third kappa shape index (κ3) is 2.92. The number of hydrogen-bond acceptors (Lipinski definition) is 5. The van der Waals surface area contributed by atoms with E-state index in [4.69, 9.17) is 4.42 Å². The van der Waals surface area contributed by atoms with Gasteiger partial charge in [-0.1, -0.05) is 12.1 Å². The van der Waals surface area contributed by atoms with Gasteiger partial charge in [0.1, 0.15) is 5.52 Å². The van der Waals surface area contributed by atoms with Crippen LogP contribution in [0.5, 0.6) is 0 Å². The van der Waals surface area contributed by atoms with Crippen LogP contribution in [-0.2, 0) is 21.2 Å². The number of aromatic nitrogens is 1. The highest BCUT2D eigenvalue weighted by Gasteiger charge is 2.32. The fourth-order valence-corrected chi connectivity index (χ4v) is 4.26. The number of fused-ring (bicyclic) bond motifs is 1. The Kier molecular flexibility index (Phi) is 3.44. The Morgan fingerprint density at radius 2 is 2.29 bits per heavy atom. The van der Waals surface area contributed by atoms with E-state index in [0.717, 1.165) is 11.1 Å². The number of amides is 1. The minimum atomic E-state index is -3.05. The summed E-state index contributed by atoms with van der Waals surface area (Å²) >= 11 is 0. The Balaban J connectivity index is 1.66. The second-order valence-corrected chi connectivity index (χ2v) is 7.58. The largest absolute Gasteiger partial charge is 0.439 e. The van der Waals surface area contributed by atoms with Crippen LogP contribution in [0, 0.1) is 12.8 Å². The number of para-hydroxylation sites is 1. The molecule has 1 N–H and O–H groups in total. The van der Waals surface area contributed by atoms with Gasteiger partial charge in [0.15, 0.2) is 15.4 Å². The quantitative estimate of drug-likeness (QED) is 0.920. The number of benzene rings is 1. The fraction of sp³-hybridized carbons (Fsp3) is 0.429. The van der Waals surface area contributed by atoms with E-state index in [1.165, 1.54) is 0 Å². The summed E-state index contributed by atoms with van der Waals surface area (Å²) in [7, 11) is -3.05. The zero-order chi connectivity index (χ0) is 15.0. The molecule has 1 unspecified atom stereocenters. The molecule has 21 heavy (non-hydrogen) atoms. The van der Waals surface area contributed by atoms with Gasteiger partial charge in [-0.15, -0.1) is 0 Å². The highest BCUT2D eigenvalue weighted by atomic mass is 32.2. The molecular weight excluding hydrogens is 292 g/mol. The van der Waals surface area contributed by atoms with Crippen molar-refractivity contribution < 1.29 is 17.6 Å². The lowest BCUT2D eigenvalue weighted by Gasteiger charge is -2.07. The van der Waals surface area contributed by atoms with Crippen molar-refractivity contribution in [2.24, 2.45) is 5.92 Å². The SMILES string of the molecule is Cc1cccc2oc(CNC(=O)C3CCS(=O)(=O)C3)nc12. The first-order valence-corrected chi connectivity index (χ1v) is 8.60. The molecule has 112 valence electrons. The molecule has 1 amide bonds. The Labute approximate surface area is 122 Å². The number of oxazole rings is 1. The maximum atomic E-state index is 11.9. The molecule has 2 aromatic rings. The van der Waals surface area contributed by atoms with Crippen molar-refractivity contribution >= 4 is 26.8 Å². The number of aryl methyl sites for hydroxylation is 1. The first-order chi connectivity index (χ1) is 9.94. The van der Waals surface area contributed by atoms with Crippen LogP contribution in [0.2, 0.25) is 0 Å². The van der Waals surface area contributed by atoms with Gasteiger partial charge in [0.25, 0.3) is 0 Å². The molecular formula is C14H16N2O4S. The number of carbonyl (C=O) groups excluding carboxylic acids is 1. The molecule has 1 aliphatic heterocycles. The Morgan fingerprint density at radius 3 is 2.95 bits per heavy atom. The lowest BCUT2D eigenvalue weighted by Crippen LogP contribution is -2.31. The minimum absolute atomic E-state index is 0.0640. The summed E-state index contributed by atoms with van der Waals surface area (Å²) in [5.41, 5.74) is 2.48. The number of rotatable bonds is 3. The van der Waals surface area contributed by atoms with Crippen molar-refractivity contribution in [3.8, 4) is 0 Å². The molecule has 1 saturated heterocycles. The van der Waals surface area contributed by atoms with E-state index >= 15 is 0 Å². The van der Waals surface area contributed by atoms with E-state index in [0.29, 0.717) is 17.9 Å². The van der Waals surface area contributed by atoms with Crippen LogP contribution in [0.4, 0.5) is 0 Å². The van der Waals surface area contributed by atoms with E-state index in [-0.39, 0.29) is 24.0 Å². The molecule has 3 rings (SSSR count). The number of carbonyl (C=O) groups is 1. The van der Waals surface area contributed by atoms with Crippen LogP contribution in [0.3, 0.4) is 0 Å². The summed E-state index contributed by atoms with van der Waals surface area (Å²) in [6, 6.07) is 5.65. The van der Waals surface area contributed by atoms with Crippen LogP contribution in [0.15, 0.2) is 22.6 Å². The van der Waals surface area contributed by atoms with Crippen molar-refractivity contribution in [3.63, 3.8) is 0 Å². The fourth-order valence-electron chi connectivity index (χ4n) is 2.52. The molecule has 2 heterocycles. The zero-order valence-corrected chi connectivity index (χ0v) is 12.4. The summed E-state index contributed by atoms with van der Waals surface area (Å²) in [6.07, 6.45) is 0.390. The Morgan fingerprint density at radius 1 is 1.48 bits per heavy atom. The Bertz CT molecular complexity index is 794. The second-order valence-electron chi connectivity index (χ2n) is 5.35. The van der Waals surface area contributed by atoms with Crippen LogP contribution in [0.1, 0.15) is 17.9 Å². The predicted molar refractivity (Wildman–Crippen MR) is 77.4 cm³/mol. The van der Waals surface area contributed by atoms with Gasteiger partial charge in [-0.25, -0.2) is 13.4 Å². The minimum Gasteiger partial charge on any atom is -0.439 e. The van der Waals surface area contributed by atoms with Crippen molar-refractivity contribution in [3.05, 3.63) is 29.7 Å². The van der Waals surface area contributed by atoms with Gasteiger partial charge in [-0.05, 0) is 25.0 Å². The molecule has 0 bridgehead atoms. The standard InChI is InChI=1S/C14H16N2O4S/c1-9-3-2-4-11-13(9)16-12(20-11)7-15-14(17)10-5-6-21(18,19)8-10/h2-4,10H,5-8H2,1H3,(H,15,17). The highest BCUT2D eigenvalue weighted by molar-refractivity contribution is 7.91. The number of hydrogen-bond donors (Lipinski definition) is 1. The van der Waals surface area contributed by atoms with E-state index < -0.39 is 15.8 Å². The third-order valence-electron chi connectivity index (χ3n) is 3.68. The first-order valence-electron chi connectivity index (χ1n) is 6.78. The van der Waals surface area contributed by atoms with E-state index in [1.807, 2.05) is 25.1 Å². The maximum absolute atomic E-state index is 11.9. The lowest BCUT2D eigenvalue weighted by atomic mass is 10.1. The monoisotopic (exact) mass is 308 g/mol. The van der Waals surface area contributed by atoms with Gasteiger partial charge in [-0.3, -0.25) is 4.79 Å². The van der Waals surface area contributed by atoms with E-state index in [1.54, 1.807) is 0 Å². The second kappa shape index (κ2) is 5.14. The maximum Gasteiger partial charge on any atom is 0.224 e. The highest BCUT2D eigenvalue weighted by Crippen LogP contribution is 2.20. The normalized spacial score (nSPS) is 20.7. The van der Waals surface area contributed by atoms with Gasteiger partial charge < -0.3 is 9.73 Å². The summed E-state index contributed by atoms with van der Waals surface area (Å²) in [4.78, 5) is 16.3. The molecule has 0 saturated carbocycles. The smallest absolute Gasteiger partial charge is 0.224 e. The summed E-state index contributed by atoms with van der Waals surface area (Å²) in [5, 5.41) is 2.70. The Hall–Kier alpha value is -1.89. The van der Waals surface area contributed by atoms with Crippen molar-refractivity contribution in [1.29, 1.82) is 0 Å². The molecule has 1 aromatic heterocycles. The average Bonchev–Trinajstić information content (AvgIpc) is 3.00. The summed E-state index contributed by atoms with van der Waals surface area (Å²) in [6.45, 7) is 2.11. The molecule has 0 radical (unpaired) electrons. The lowest BCUT2D eigenvalue weighted by molar-refractivity contribution is -0.124. The van der Waals surface area contributed by atoms with Crippen LogP contribution in [-0.4, -0.2) is 30.8 Å². The van der Waals surface area contributed by atoms with Crippen molar-refractivity contribution in [2.75, 3.05) is 11.5 Å². The van der Waals surface area contributed by atoms with Crippen LogP contribution in [0.25, 0.3) is 11.1 Å². The third-order valence-corrected chi connectivity index (χ3v) is 5.45. The van der Waals surface area contributed by atoms with Gasteiger partial charge >= 0.3 is 0 Å². The predicted octanol–water partition coefficient (Wildman–Crippen LogP) is 1.19. The molecule has 0 aliphatic carbocycles. The molecule has 1 fully saturated rings. The number of sulfone groups is 1. The van der Waals surface area contributed by atoms with Gasteiger partial charge in [0.2, 0.25) is 11.8 Å².